The number of sulfonamides is 1. The molecule has 3 aromatic rings. The summed E-state index contributed by atoms with van der Waals surface area (Å²) in [4.78, 5) is 0.120. The van der Waals surface area contributed by atoms with Gasteiger partial charge in [-0.25, -0.2) is 13.1 Å². The van der Waals surface area contributed by atoms with Gasteiger partial charge in [0.2, 0.25) is 10.0 Å². The van der Waals surface area contributed by atoms with Gasteiger partial charge in [-0.15, -0.1) is 0 Å². The van der Waals surface area contributed by atoms with E-state index < -0.39 is 15.6 Å². The molecule has 0 aliphatic carbocycles. The van der Waals surface area contributed by atoms with E-state index in [2.05, 4.69) is 4.72 Å². The molecule has 3 rings (SSSR count). The van der Waals surface area contributed by atoms with Crippen molar-refractivity contribution in [2.45, 2.75) is 37.7 Å². The third-order valence-corrected chi connectivity index (χ3v) is 5.88. The lowest BCUT2D eigenvalue weighted by atomic mass is 10.0. The molecule has 0 radical (unpaired) electrons. The van der Waals surface area contributed by atoms with Gasteiger partial charge in [-0.05, 0) is 56.2 Å². The molecule has 1 aromatic heterocycles. The lowest BCUT2D eigenvalue weighted by Gasteiger charge is -2.21. The zero-order valence-corrected chi connectivity index (χ0v) is 17.0. The smallest absolute Gasteiger partial charge is 0.240 e. The van der Waals surface area contributed by atoms with Crippen LogP contribution in [0.5, 0.6) is 5.75 Å². The molecule has 0 saturated heterocycles. The quantitative estimate of drug-likeness (QED) is 0.598. The summed E-state index contributed by atoms with van der Waals surface area (Å²) in [7, 11) is -3.80. The Bertz CT molecular complexity index is 1040. The fourth-order valence-electron chi connectivity index (χ4n) is 2.82. The Balaban J connectivity index is 1.75. The summed E-state index contributed by atoms with van der Waals surface area (Å²) in [5.74, 6) is 0.964. The molecular weight excluding hydrogens is 378 g/mol. The van der Waals surface area contributed by atoms with E-state index in [1.54, 1.807) is 31.2 Å². The van der Waals surface area contributed by atoms with Crippen molar-refractivity contribution in [3.8, 4) is 5.75 Å². The molecule has 0 aliphatic rings. The largest absolute Gasteiger partial charge is 0.493 e. The standard InChI is InChI=1S/C21H25NO5S/c1-4-11-26-18-10-9-17(12-15(18)2)28(24,25)22-14-21(3,23)20-13-16-7-5-6-8-19(16)27-20/h5-10,12-13,22-23H,4,11,14H2,1-3H3. The van der Waals surface area contributed by atoms with Crippen LogP contribution in [0.3, 0.4) is 0 Å². The predicted octanol–water partition coefficient (Wildman–Crippen LogP) is 3.72. The van der Waals surface area contributed by atoms with Crippen LogP contribution >= 0.6 is 0 Å². The average molecular weight is 404 g/mol. The molecule has 7 heteroatoms. The van der Waals surface area contributed by atoms with Gasteiger partial charge in [-0.2, -0.15) is 0 Å². The van der Waals surface area contributed by atoms with Crippen molar-refractivity contribution in [1.82, 2.24) is 4.72 Å². The number of ether oxygens (including phenoxy) is 1. The molecule has 0 spiro atoms. The number of hydrogen-bond donors (Lipinski definition) is 2. The normalized spacial score (nSPS) is 14.1. The van der Waals surface area contributed by atoms with Crippen LogP contribution in [0.1, 0.15) is 31.6 Å². The SMILES string of the molecule is CCCOc1ccc(S(=O)(=O)NCC(C)(O)c2cc3ccccc3o2)cc1C. The van der Waals surface area contributed by atoms with E-state index in [1.807, 2.05) is 25.1 Å². The lowest BCUT2D eigenvalue weighted by Crippen LogP contribution is -2.38. The number of hydrogen-bond acceptors (Lipinski definition) is 5. The minimum absolute atomic E-state index is 0.120. The van der Waals surface area contributed by atoms with Crippen LogP contribution in [0.4, 0.5) is 0 Å². The fraction of sp³-hybridized carbons (Fsp3) is 0.333. The molecule has 0 amide bonds. The number of aliphatic hydroxyl groups is 1. The summed E-state index contributed by atoms with van der Waals surface area (Å²) < 4.78 is 39.1. The highest BCUT2D eigenvalue weighted by molar-refractivity contribution is 7.89. The van der Waals surface area contributed by atoms with Crippen molar-refractivity contribution >= 4 is 21.0 Å². The summed E-state index contributed by atoms with van der Waals surface area (Å²) in [5.41, 5.74) is -0.120. The first kappa shape index (κ1) is 20.4. The average Bonchev–Trinajstić information content (AvgIpc) is 3.11. The third-order valence-electron chi connectivity index (χ3n) is 4.48. The van der Waals surface area contributed by atoms with Gasteiger partial charge in [0, 0.05) is 11.9 Å². The number of para-hydroxylation sites is 1. The maximum atomic E-state index is 12.7. The number of fused-ring (bicyclic) bond motifs is 1. The van der Waals surface area contributed by atoms with Gasteiger partial charge in [-0.3, -0.25) is 0 Å². The number of benzene rings is 2. The van der Waals surface area contributed by atoms with Crippen molar-refractivity contribution in [3.63, 3.8) is 0 Å². The van der Waals surface area contributed by atoms with Crippen LogP contribution in [-0.4, -0.2) is 26.7 Å². The third kappa shape index (κ3) is 4.38. The minimum Gasteiger partial charge on any atom is -0.493 e. The Morgan fingerprint density at radius 3 is 2.61 bits per heavy atom. The van der Waals surface area contributed by atoms with E-state index in [-0.39, 0.29) is 11.4 Å². The zero-order chi connectivity index (χ0) is 20.4. The monoisotopic (exact) mass is 403 g/mol. The van der Waals surface area contributed by atoms with E-state index in [9.17, 15) is 13.5 Å². The first-order chi connectivity index (χ1) is 13.2. The molecule has 0 saturated carbocycles. The van der Waals surface area contributed by atoms with Gasteiger partial charge in [0.25, 0.3) is 0 Å². The lowest BCUT2D eigenvalue weighted by molar-refractivity contribution is 0.0412. The summed E-state index contributed by atoms with van der Waals surface area (Å²) >= 11 is 0. The van der Waals surface area contributed by atoms with Crippen LogP contribution in [0, 0.1) is 6.92 Å². The van der Waals surface area contributed by atoms with Crippen molar-refractivity contribution in [2.75, 3.05) is 13.2 Å². The Hall–Kier alpha value is -2.35. The maximum absolute atomic E-state index is 12.7. The molecule has 2 aromatic carbocycles. The highest BCUT2D eigenvalue weighted by Gasteiger charge is 2.30. The molecule has 0 fully saturated rings. The predicted molar refractivity (Wildman–Crippen MR) is 108 cm³/mol. The highest BCUT2D eigenvalue weighted by atomic mass is 32.2. The molecule has 1 atom stereocenters. The summed E-state index contributed by atoms with van der Waals surface area (Å²) in [6.45, 7) is 5.68. The van der Waals surface area contributed by atoms with Gasteiger partial charge < -0.3 is 14.3 Å². The van der Waals surface area contributed by atoms with Crippen LogP contribution in [0.25, 0.3) is 11.0 Å². The zero-order valence-electron chi connectivity index (χ0n) is 16.2. The minimum atomic E-state index is -3.80. The number of rotatable bonds is 8. The Morgan fingerprint density at radius 2 is 1.93 bits per heavy atom. The van der Waals surface area contributed by atoms with Crippen molar-refractivity contribution in [3.05, 3.63) is 59.9 Å². The molecule has 1 heterocycles. The van der Waals surface area contributed by atoms with Gasteiger partial charge in [0.05, 0.1) is 11.5 Å². The Kier molecular flexibility index (Phi) is 5.79. The molecule has 150 valence electrons. The summed E-state index contributed by atoms with van der Waals surface area (Å²) in [6.07, 6.45) is 0.873. The topological polar surface area (TPSA) is 88.8 Å². The summed E-state index contributed by atoms with van der Waals surface area (Å²) in [5, 5.41) is 11.6. The first-order valence-electron chi connectivity index (χ1n) is 9.17. The molecule has 1 unspecified atom stereocenters. The van der Waals surface area contributed by atoms with Crippen LogP contribution < -0.4 is 9.46 Å². The van der Waals surface area contributed by atoms with Crippen molar-refractivity contribution < 1.29 is 22.7 Å². The van der Waals surface area contributed by atoms with Gasteiger partial charge in [0.1, 0.15) is 22.7 Å². The van der Waals surface area contributed by atoms with E-state index >= 15 is 0 Å². The van der Waals surface area contributed by atoms with Crippen LogP contribution in [0.2, 0.25) is 0 Å². The second-order valence-electron chi connectivity index (χ2n) is 7.02. The molecule has 0 bridgehead atoms. The van der Waals surface area contributed by atoms with Crippen molar-refractivity contribution in [1.29, 1.82) is 0 Å². The highest BCUT2D eigenvalue weighted by Crippen LogP contribution is 2.28. The number of nitrogens with one attached hydrogen (secondary N) is 1. The first-order valence-corrected chi connectivity index (χ1v) is 10.7. The van der Waals surface area contributed by atoms with Gasteiger partial charge in [0.15, 0.2) is 0 Å². The van der Waals surface area contributed by atoms with Crippen LogP contribution in [-0.2, 0) is 15.6 Å². The van der Waals surface area contributed by atoms with E-state index in [0.717, 1.165) is 17.4 Å². The van der Waals surface area contributed by atoms with Crippen molar-refractivity contribution in [2.24, 2.45) is 0 Å². The maximum Gasteiger partial charge on any atom is 0.240 e. The molecule has 28 heavy (non-hydrogen) atoms. The Morgan fingerprint density at radius 1 is 1.18 bits per heavy atom. The molecule has 6 nitrogen and oxygen atoms in total. The van der Waals surface area contributed by atoms with E-state index in [1.165, 1.54) is 13.0 Å². The van der Waals surface area contributed by atoms with E-state index in [4.69, 9.17) is 9.15 Å². The second kappa shape index (κ2) is 7.95. The Labute approximate surface area is 165 Å². The molecular formula is C21H25NO5S. The second-order valence-corrected chi connectivity index (χ2v) is 8.79. The molecule has 2 N–H and O–H groups in total. The van der Waals surface area contributed by atoms with E-state index in [0.29, 0.717) is 23.7 Å². The fourth-order valence-corrected chi connectivity index (χ4v) is 4.03. The summed E-state index contributed by atoms with van der Waals surface area (Å²) in [6, 6.07) is 13.8. The van der Waals surface area contributed by atoms with Gasteiger partial charge >= 0.3 is 0 Å². The number of aryl methyl sites for hydroxylation is 1. The van der Waals surface area contributed by atoms with Gasteiger partial charge in [-0.1, -0.05) is 25.1 Å². The van der Waals surface area contributed by atoms with Crippen LogP contribution in [0.15, 0.2) is 57.8 Å². The number of furan rings is 1. The molecule has 0 aliphatic heterocycles.